The van der Waals surface area contributed by atoms with Gasteiger partial charge in [-0.1, -0.05) is 38.7 Å². The van der Waals surface area contributed by atoms with Gasteiger partial charge in [-0.2, -0.15) is 0 Å². The molecule has 1 fully saturated rings. The number of rotatable bonds is 5. The molecular weight excluding hydrogens is 234 g/mol. The predicted molar refractivity (Wildman–Crippen MR) is 81.0 cm³/mol. The molecule has 0 aromatic carbocycles. The van der Waals surface area contributed by atoms with Crippen molar-refractivity contribution in [3.05, 3.63) is 24.0 Å². The van der Waals surface area contributed by atoms with E-state index in [0.29, 0.717) is 12.1 Å². The van der Waals surface area contributed by atoms with Gasteiger partial charge in [0.2, 0.25) is 0 Å². The molecule has 2 aliphatic rings. The number of ether oxygens (including phenoxy) is 1. The molecule has 1 atom stereocenters. The van der Waals surface area contributed by atoms with E-state index in [1.807, 2.05) is 6.26 Å². The fourth-order valence-electron chi connectivity index (χ4n) is 3.05. The summed E-state index contributed by atoms with van der Waals surface area (Å²) in [6, 6.07) is 0.555. The first kappa shape index (κ1) is 14.6. The largest absolute Gasteiger partial charge is 0.494 e. The average Bonchev–Trinajstić information content (AvgIpc) is 2.45. The normalized spacial score (nSPS) is 25.6. The van der Waals surface area contributed by atoms with E-state index in [2.05, 4.69) is 31.3 Å². The van der Waals surface area contributed by atoms with E-state index in [-0.39, 0.29) is 0 Å². The second-order valence-electron chi connectivity index (χ2n) is 6.24. The molecule has 1 aliphatic carbocycles. The summed E-state index contributed by atoms with van der Waals surface area (Å²) in [5.74, 6) is 0.787. The lowest BCUT2D eigenvalue weighted by molar-refractivity contribution is 0.163. The van der Waals surface area contributed by atoms with Crippen LogP contribution < -0.4 is 5.32 Å². The maximum atomic E-state index is 5.72. The van der Waals surface area contributed by atoms with Crippen molar-refractivity contribution in [1.82, 2.24) is 5.32 Å². The van der Waals surface area contributed by atoms with E-state index < -0.39 is 0 Å². The Morgan fingerprint density at radius 2 is 2.05 bits per heavy atom. The van der Waals surface area contributed by atoms with Gasteiger partial charge in [0.15, 0.2) is 0 Å². The Hall–Kier alpha value is -0.760. The number of allylic oxidation sites excluding steroid dienone is 1. The van der Waals surface area contributed by atoms with Crippen molar-refractivity contribution < 1.29 is 4.74 Å². The first-order valence-electron chi connectivity index (χ1n) is 8.00. The van der Waals surface area contributed by atoms with Gasteiger partial charge in [0.1, 0.15) is 6.10 Å². The van der Waals surface area contributed by atoms with Crippen LogP contribution in [0.3, 0.4) is 0 Å². The molecule has 108 valence electrons. The highest BCUT2D eigenvalue weighted by Gasteiger charge is 2.20. The van der Waals surface area contributed by atoms with Crippen molar-refractivity contribution in [1.29, 1.82) is 0 Å². The predicted octanol–water partition coefficient (Wildman–Crippen LogP) is 4.18. The van der Waals surface area contributed by atoms with Crippen LogP contribution in [0.4, 0.5) is 0 Å². The van der Waals surface area contributed by atoms with Crippen LogP contribution in [-0.4, -0.2) is 18.7 Å². The number of nitrogens with one attached hydrogen (secondary N) is 1. The molecule has 1 aliphatic heterocycles. The van der Waals surface area contributed by atoms with Crippen molar-refractivity contribution in [2.75, 3.05) is 6.54 Å². The molecule has 0 amide bonds. The summed E-state index contributed by atoms with van der Waals surface area (Å²) in [6.07, 6.45) is 15.9. The van der Waals surface area contributed by atoms with Gasteiger partial charge in [0.05, 0.1) is 6.26 Å². The molecular formula is C17H29NO. The maximum Gasteiger partial charge on any atom is 0.117 e. The van der Waals surface area contributed by atoms with Gasteiger partial charge in [-0.05, 0) is 43.8 Å². The first-order chi connectivity index (χ1) is 9.25. The molecule has 0 radical (unpaired) electrons. The van der Waals surface area contributed by atoms with E-state index >= 15 is 0 Å². The molecule has 0 bridgehead atoms. The molecule has 1 saturated carbocycles. The minimum atomic E-state index is 0.302. The summed E-state index contributed by atoms with van der Waals surface area (Å²) < 4.78 is 5.72. The zero-order valence-corrected chi connectivity index (χ0v) is 12.5. The van der Waals surface area contributed by atoms with E-state index in [0.717, 1.165) is 25.3 Å². The second-order valence-corrected chi connectivity index (χ2v) is 6.24. The standard InChI is InChI=1S/C17H29NO/c1-14(2)18-13-16(15-8-4-3-5-9-15)12-17-10-6-7-11-19-17/h7,11-12,14-15,17-18H,3-6,8-10,13H2,1-2H3/b16-12-. The molecule has 2 heteroatoms. The summed E-state index contributed by atoms with van der Waals surface area (Å²) in [6.45, 7) is 5.47. The van der Waals surface area contributed by atoms with Crippen molar-refractivity contribution in [3.8, 4) is 0 Å². The summed E-state index contributed by atoms with van der Waals surface area (Å²) in [5, 5.41) is 3.59. The van der Waals surface area contributed by atoms with Crippen molar-refractivity contribution in [2.24, 2.45) is 5.92 Å². The third kappa shape index (κ3) is 5.02. The minimum Gasteiger partial charge on any atom is -0.494 e. The van der Waals surface area contributed by atoms with Crippen molar-refractivity contribution in [3.63, 3.8) is 0 Å². The molecule has 0 saturated heterocycles. The van der Waals surface area contributed by atoms with Gasteiger partial charge in [0.25, 0.3) is 0 Å². The lowest BCUT2D eigenvalue weighted by atomic mass is 9.82. The Bertz CT molecular complexity index is 313. The molecule has 2 rings (SSSR count). The summed E-state index contributed by atoms with van der Waals surface area (Å²) in [4.78, 5) is 0. The van der Waals surface area contributed by atoms with Gasteiger partial charge < -0.3 is 10.1 Å². The lowest BCUT2D eigenvalue weighted by Gasteiger charge is -2.27. The highest BCUT2D eigenvalue weighted by Crippen LogP contribution is 2.30. The third-order valence-corrected chi connectivity index (χ3v) is 4.21. The molecule has 1 unspecified atom stereocenters. The molecule has 19 heavy (non-hydrogen) atoms. The fraction of sp³-hybridized carbons (Fsp3) is 0.765. The van der Waals surface area contributed by atoms with Crippen LogP contribution in [0.15, 0.2) is 24.0 Å². The summed E-state index contributed by atoms with van der Waals surface area (Å²) >= 11 is 0. The zero-order chi connectivity index (χ0) is 13.5. The van der Waals surface area contributed by atoms with Gasteiger partial charge in [-0.25, -0.2) is 0 Å². The van der Waals surface area contributed by atoms with Crippen molar-refractivity contribution in [2.45, 2.75) is 70.9 Å². The van der Waals surface area contributed by atoms with Gasteiger partial charge in [0, 0.05) is 12.6 Å². The Morgan fingerprint density at radius 3 is 2.68 bits per heavy atom. The molecule has 1 N–H and O–H groups in total. The molecule has 2 nitrogen and oxygen atoms in total. The van der Waals surface area contributed by atoms with Crippen LogP contribution in [0.2, 0.25) is 0 Å². The Balaban J connectivity index is 1.98. The van der Waals surface area contributed by atoms with E-state index in [1.165, 1.54) is 32.1 Å². The third-order valence-electron chi connectivity index (χ3n) is 4.21. The van der Waals surface area contributed by atoms with Gasteiger partial charge >= 0.3 is 0 Å². The molecule has 0 aromatic heterocycles. The van der Waals surface area contributed by atoms with Crippen LogP contribution in [0, 0.1) is 5.92 Å². The van der Waals surface area contributed by atoms with Gasteiger partial charge in [-0.3, -0.25) is 0 Å². The van der Waals surface area contributed by atoms with Crippen LogP contribution in [0.25, 0.3) is 0 Å². The monoisotopic (exact) mass is 263 g/mol. The van der Waals surface area contributed by atoms with Crippen LogP contribution in [0.5, 0.6) is 0 Å². The second kappa shape index (κ2) is 7.74. The number of hydrogen-bond donors (Lipinski definition) is 1. The first-order valence-corrected chi connectivity index (χ1v) is 8.00. The fourth-order valence-corrected chi connectivity index (χ4v) is 3.05. The van der Waals surface area contributed by atoms with E-state index in [9.17, 15) is 0 Å². The van der Waals surface area contributed by atoms with Crippen molar-refractivity contribution >= 4 is 0 Å². The molecule has 0 aromatic rings. The Kier molecular flexibility index (Phi) is 5.96. The molecule has 0 spiro atoms. The number of hydrogen-bond acceptors (Lipinski definition) is 2. The van der Waals surface area contributed by atoms with Crippen LogP contribution >= 0.6 is 0 Å². The topological polar surface area (TPSA) is 21.3 Å². The van der Waals surface area contributed by atoms with Gasteiger partial charge in [-0.15, -0.1) is 0 Å². The highest BCUT2D eigenvalue weighted by molar-refractivity contribution is 5.13. The summed E-state index contributed by atoms with van der Waals surface area (Å²) in [7, 11) is 0. The SMILES string of the molecule is CC(C)NC/C(=C/C1CCC=CO1)C1CCCCC1. The smallest absolute Gasteiger partial charge is 0.117 e. The Labute approximate surface area is 118 Å². The van der Waals surface area contributed by atoms with E-state index in [1.54, 1.807) is 5.57 Å². The van der Waals surface area contributed by atoms with E-state index in [4.69, 9.17) is 4.74 Å². The maximum absolute atomic E-state index is 5.72. The Morgan fingerprint density at radius 1 is 1.26 bits per heavy atom. The molecule has 1 heterocycles. The average molecular weight is 263 g/mol. The minimum absolute atomic E-state index is 0.302. The highest BCUT2D eigenvalue weighted by atomic mass is 16.5. The zero-order valence-electron chi connectivity index (χ0n) is 12.5. The van der Waals surface area contributed by atoms with Crippen LogP contribution in [-0.2, 0) is 4.74 Å². The quantitative estimate of drug-likeness (QED) is 0.751. The summed E-state index contributed by atoms with van der Waals surface area (Å²) in [5.41, 5.74) is 1.59. The van der Waals surface area contributed by atoms with Crippen LogP contribution in [0.1, 0.15) is 58.8 Å². The lowest BCUT2D eigenvalue weighted by Crippen LogP contribution is -2.29.